The number of carbonyl (C=O) groups is 2. The number of fused-ring (bicyclic) bond motifs is 1. The molecule has 0 aliphatic rings. The smallest absolute Gasteiger partial charge is 0.256 e. The van der Waals surface area contributed by atoms with Gasteiger partial charge in [-0.15, -0.1) is 0 Å². The summed E-state index contributed by atoms with van der Waals surface area (Å²) in [7, 11) is 0. The summed E-state index contributed by atoms with van der Waals surface area (Å²) in [6.45, 7) is 4.48. The number of amides is 2. The number of anilines is 2. The highest BCUT2D eigenvalue weighted by Crippen LogP contribution is 2.37. The van der Waals surface area contributed by atoms with Crippen molar-refractivity contribution in [2.24, 2.45) is 0 Å². The van der Waals surface area contributed by atoms with Gasteiger partial charge in [-0.1, -0.05) is 54.6 Å². The Morgan fingerprint density at radius 1 is 0.676 bits per heavy atom. The number of carbonyl (C=O) groups excluding carboxylic acids is 2. The van der Waals surface area contributed by atoms with E-state index in [-0.39, 0.29) is 11.8 Å². The van der Waals surface area contributed by atoms with Crippen molar-refractivity contribution in [2.75, 3.05) is 23.8 Å². The first-order valence-electron chi connectivity index (χ1n) is 11.2. The molecule has 0 saturated heterocycles. The summed E-state index contributed by atoms with van der Waals surface area (Å²) >= 11 is 0. The maximum absolute atomic E-state index is 13.2. The summed E-state index contributed by atoms with van der Waals surface area (Å²) in [4.78, 5) is 26.0. The molecule has 172 valence electrons. The van der Waals surface area contributed by atoms with Crippen LogP contribution in [0.5, 0.6) is 11.5 Å². The Labute approximate surface area is 198 Å². The zero-order valence-electron chi connectivity index (χ0n) is 19.1. The monoisotopic (exact) mass is 454 g/mol. The third-order valence-corrected chi connectivity index (χ3v) is 5.25. The van der Waals surface area contributed by atoms with Crippen molar-refractivity contribution >= 4 is 34.0 Å². The highest BCUT2D eigenvalue weighted by molar-refractivity contribution is 6.13. The highest BCUT2D eigenvalue weighted by atomic mass is 16.5. The molecule has 4 rings (SSSR count). The van der Waals surface area contributed by atoms with Crippen LogP contribution in [0, 0.1) is 0 Å². The molecule has 0 saturated carbocycles. The third-order valence-electron chi connectivity index (χ3n) is 5.25. The molecule has 0 aliphatic heterocycles. The Morgan fingerprint density at radius 2 is 1.24 bits per heavy atom. The molecule has 6 nitrogen and oxygen atoms in total. The second-order valence-corrected chi connectivity index (χ2v) is 7.51. The Hall–Kier alpha value is -4.32. The Balaban J connectivity index is 1.68. The van der Waals surface area contributed by atoms with E-state index in [0.717, 1.165) is 10.8 Å². The average molecular weight is 455 g/mol. The molecule has 0 heterocycles. The van der Waals surface area contributed by atoms with Gasteiger partial charge in [0.05, 0.1) is 24.6 Å². The van der Waals surface area contributed by atoms with Gasteiger partial charge < -0.3 is 20.1 Å². The van der Waals surface area contributed by atoms with Crippen LogP contribution in [0.3, 0.4) is 0 Å². The quantitative estimate of drug-likeness (QED) is 0.335. The van der Waals surface area contributed by atoms with Crippen molar-refractivity contribution < 1.29 is 19.1 Å². The highest BCUT2D eigenvalue weighted by Gasteiger charge is 2.18. The van der Waals surface area contributed by atoms with Crippen LogP contribution in [0.4, 0.5) is 11.4 Å². The minimum absolute atomic E-state index is 0.263. The lowest BCUT2D eigenvalue weighted by Crippen LogP contribution is -2.16. The van der Waals surface area contributed by atoms with Crippen LogP contribution < -0.4 is 20.1 Å². The fourth-order valence-electron chi connectivity index (χ4n) is 3.70. The Kier molecular flexibility index (Phi) is 7.08. The van der Waals surface area contributed by atoms with E-state index >= 15 is 0 Å². The van der Waals surface area contributed by atoms with Gasteiger partial charge in [0.2, 0.25) is 0 Å². The second kappa shape index (κ2) is 10.5. The van der Waals surface area contributed by atoms with Gasteiger partial charge in [-0.3, -0.25) is 9.59 Å². The largest absolute Gasteiger partial charge is 0.492 e. The molecule has 4 aromatic carbocycles. The van der Waals surface area contributed by atoms with Gasteiger partial charge in [-0.2, -0.15) is 0 Å². The van der Waals surface area contributed by atoms with E-state index in [1.807, 2.05) is 56.3 Å². The predicted molar refractivity (Wildman–Crippen MR) is 135 cm³/mol. The summed E-state index contributed by atoms with van der Waals surface area (Å²) < 4.78 is 11.6. The average Bonchev–Trinajstić information content (AvgIpc) is 2.86. The van der Waals surface area contributed by atoms with Crippen LogP contribution in [0.15, 0.2) is 84.9 Å². The van der Waals surface area contributed by atoms with Crippen LogP contribution in [-0.2, 0) is 0 Å². The molecule has 0 spiro atoms. The summed E-state index contributed by atoms with van der Waals surface area (Å²) in [5.74, 6) is 0.337. The molecule has 4 aromatic rings. The van der Waals surface area contributed by atoms with Crippen molar-refractivity contribution in [2.45, 2.75) is 13.8 Å². The van der Waals surface area contributed by atoms with Crippen molar-refractivity contribution in [3.05, 3.63) is 96.1 Å². The molecule has 34 heavy (non-hydrogen) atoms. The fraction of sp³-hybridized carbons (Fsp3) is 0.143. The molecular formula is C28H26N2O4. The first kappa shape index (κ1) is 22.9. The first-order valence-corrected chi connectivity index (χ1v) is 11.2. The molecule has 0 fully saturated rings. The van der Waals surface area contributed by atoms with E-state index in [1.165, 1.54) is 0 Å². The van der Waals surface area contributed by atoms with Crippen molar-refractivity contribution in [3.63, 3.8) is 0 Å². The number of hydrogen-bond acceptors (Lipinski definition) is 4. The number of ether oxygens (including phenoxy) is 2. The standard InChI is InChI=1S/C28H26N2O4/c1-3-33-25-18-24(30-28(32)22-16-10-14-19-11-8-9-15-21(19)22)26(34-4-2)17-23(25)29-27(31)20-12-6-5-7-13-20/h5-18H,3-4H2,1-2H3,(H,29,31)(H,30,32). The van der Waals surface area contributed by atoms with Crippen molar-refractivity contribution in [1.29, 1.82) is 0 Å². The molecular weight excluding hydrogens is 428 g/mol. The Bertz CT molecular complexity index is 1310. The van der Waals surface area contributed by atoms with E-state index in [4.69, 9.17) is 9.47 Å². The minimum atomic E-state index is -0.267. The fourth-order valence-corrected chi connectivity index (χ4v) is 3.70. The van der Waals surface area contributed by atoms with Crippen LogP contribution in [0.25, 0.3) is 10.8 Å². The van der Waals surface area contributed by atoms with Gasteiger partial charge >= 0.3 is 0 Å². The molecule has 2 N–H and O–H groups in total. The number of hydrogen-bond donors (Lipinski definition) is 2. The third kappa shape index (κ3) is 5.02. The van der Waals surface area contributed by atoms with Gasteiger partial charge in [0.25, 0.3) is 11.8 Å². The minimum Gasteiger partial charge on any atom is -0.492 e. The molecule has 2 amide bonds. The molecule has 0 bridgehead atoms. The predicted octanol–water partition coefficient (Wildman–Crippen LogP) is 6.14. The Morgan fingerprint density at radius 3 is 1.88 bits per heavy atom. The van der Waals surface area contributed by atoms with E-state index in [2.05, 4.69) is 10.6 Å². The zero-order valence-corrected chi connectivity index (χ0v) is 19.1. The van der Waals surface area contributed by atoms with E-state index in [9.17, 15) is 9.59 Å². The number of rotatable bonds is 8. The summed E-state index contributed by atoms with van der Waals surface area (Å²) in [5, 5.41) is 7.69. The summed E-state index contributed by atoms with van der Waals surface area (Å²) in [5.41, 5.74) is 2.00. The molecule has 0 atom stereocenters. The van der Waals surface area contributed by atoms with Gasteiger partial charge in [-0.05, 0) is 42.8 Å². The molecule has 0 unspecified atom stereocenters. The van der Waals surface area contributed by atoms with E-state index in [1.54, 1.807) is 42.5 Å². The van der Waals surface area contributed by atoms with E-state index < -0.39 is 0 Å². The van der Waals surface area contributed by atoms with Crippen LogP contribution in [0.2, 0.25) is 0 Å². The van der Waals surface area contributed by atoms with E-state index in [0.29, 0.717) is 47.2 Å². The van der Waals surface area contributed by atoms with Gasteiger partial charge in [0.15, 0.2) is 0 Å². The normalized spacial score (nSPS) is 10.5. The second-order valence-electron chi connectivity index (χ2n) is 7.51. The van der Waals surface area contributed by atoms with Gasteiger partial charge in [0, 0.05) is 23.3 Å². The molecule has 0 aliphatic carbocycles. The first-order chi connectivity index (χ1) is 16.6. The topological polar surface area (TPSA) is 76.7 Å². The molecule has 0 radical (unpaired) electrons. The number of nitrogens with one attached hydrogen (secondary N) is 2. The lowest BCUT2D eigenvalue weighted by molar-refractivity contribution is 0.101. The van der Waals surface area contributed by atoms with Crippen LogP contribution >= 0.6 is 0 Å². The van der Waals surface area contributed by atoms with Gasteiger partial charge in [0.1, 0.15) is 11.5 Å². The maximum atomic E-state index is 13.2. The van der Waals surface area contributed by atoms with Crippen LogP contribution in [0.1, 0.15) is 34.6 Å². The lowest BCUT2D eigenvalue weighted by Gasteiger charge is -2.18. The molecule has 0 aromatic heterocycles. The number of benzene rings is 4. The SMILES string of the molecule is CCOc1cc(NC(=O)c2cccc3ccccc23)c(OCC)cc1NC(=O)c1ccccc1. The lowest BCUT2D eigenvalue weighted by atomic mass is 10.0. The molecule has 6 heteroatoms. The van der Waals surface area contributed by atoms with Gasteiger partial charge in [-0.25, -0.2) is 0 Å². The maximum Gasteiger partial charge on any atom is 0.256 e. The van der Waals surface area contributed by atoms with Crippen molar-refractivity contribution in [3.8, 4) is 11.5 Å². The summed E-state index contributed by atoms with van der Waals surface area (Å²) in [6, 6.07) is 25.6. The van der Waals surface area contributed by atoms with Crippen LogP contribution in [-0.4, -0.2) is 25.0 Å². The van der Waals surface area contributed by atoms with Crippen molar-refractivity contribution in [1.82, 2.24) is 0 Å². The zero-order chi connectivity index (χ0) is 23.9. The summed E-state index contributed by atoms with van der Waals surface area (Å²) in [6.07, 6.45) is 0.